The summed E-state index contributed by atoms with van der Waals surface area (Å²) in [4.78, 5) is 22.7. The summed E-state index contributed by atoms with van der Waals surface area (Å²) >= 11 is 8.01. The monoisotopic (exact) mass is 495 g/mol. The molecule has 3 aromatic rings. The normalized spacial score (nSPS) is 19.9. The van der Waals surface area contributed by atoms with Gasteiger partial charge in [0.2, 0.25) is 5.91 Å². The van der Waals surface area contributed by atoms with Crippen molar-refractivity contribution in [2.24, 2.45) is 0 Å². The van der Waals surface area contributed by atoms with Crippen molar-refractivity contribution < 1.29 is 4.79 Å². The highest BCUT2D eigenvalue weighted by Crippen LogP contribution is 2.55. The summed E-state index contributed by atoms with van der Waals surface area (Å²) in [5.41, 5.74) is 3.65. The Morgan fingerprint density at radius 2 is 2.03 bits per heavy atom. The Balaban J connectivity index is 1.54. The minimum atomic E-state index is -0.133. The molecule has 176 valence electrons. The fourth-order valence-corrected chi connectivity index (χ4v) is 6.13. The Bertz CT molecular complexity index is 1180. The highest BCUT2D eigenvalue weighted by molar-refractivity contribution is 8.08. The van der Waals surface area contributed by atoms with E-state index in [0.29, 0.717) is 5.82 Å². The number of rotatable bonds is 6. The van der Waals surface area contributed by atoms with Crippen LogP contribution in [0.25, 0.3) is 4.91 Å². The van der Waals surface area contributed by atoms with Gasteiger partial charge in [-0.2, -0.15) is 0 Å². The van der Waals surface area contributed by atoms with Crippen LogP contribution in [-0.4, -0.2) is 57.2 Å². The van der Waals surface area contributed by atoms with Crippen LogP contribution in [0.4, 0.5) is 5.82 Å². The SMILES string of the molecule is CC(=O)Nc1cc(C2CC(C(c3ccc(Cl)cc3)N3CCNCC3)=C(c3nnc[nH]3)S2)ccn1. The maximum atomic E-state index is 11.5. The fourth-order valence-electron chi connectivity index (χ4n) is 4.61. The number of hydrogen-bond acceptors (Lipinski definition) is 7. The lowest BCUT2D eigenvalue weighted by Gasteiger charge is -2.36. The summed E-state index contributed by atoms with van der Waals surface area (Å²) < 4.78 is 0. The quantitative estimate of drug-likeness (QED) is 0.474. The van der Waals surface area contributed by atoms with Crippen LogP contribution >= 0.6 is 23.4 Å². The number of halogens is 1. The number of thioether (sulfide) groups is 1. The molecule has 34 heavy (non-hydrogen) atoms. The largest absolute Gasteiger partial charge is 0.327 e. The first kappa shape index (κ1) is 23.0. The van der Waals surface area contributed by atoms with Gasteiger partial charge in [-0.3, -0.25) is 9.69 Å². The average Bonchev–Trinajstić information content (AvgIpc) is 3.51. The Kier molecular flexibility index (Phi) is 6.96. The van der Waals surface area contributed by atoms with E-state index in [-0.39, 0.29) is 17.2 Å². The number of carbonyl (C=O) groups is 1. The maximum absolute atomic E-state index is 11.5. The first-order valence-corrected chi connectivity index (χ1v) is 12.5. The molecule has 2 aromatic heterocycles. The van der Waals surface area contributed by atoms with Gasteiger partial charge in [0.05, 0.1) is 10.9 Å². The molecule has 0 radical (unpaired) electrons. The number of benzene rings is 1. The van der Waals surface area contributed by atoms with Crippen LogP contribution in [0.5, 0.6) is 0 Å². The number of amides is 1. The Hall–Kier alpha value is -2.72. The zero-order valence-corrected chi connectivity index (χ0v) is 20.4. The van der Waals surface area contributed by atoms with Gasteiger partial charge >= 0.3 is 0 Å². The lowest BCUT2D eigenvalue weighted by atomic mass is 9.91. The van der Waals surface area contributed by atoms with Gasteiger partial charge in [0.15, 0.2) is 5.82 Å². The van der Waals surface area contributed by atoms with Crippen LogP contribution < -0.4 is 10.6 Å². The van der Waals surface area contributed by atoms with Crippen LogP contribution in [0.15, 0.2) is 54.5 Å². The van der Waals surface area contributed by atoms with Gasteiger partial charge in [-0.15, -0.1) is 22.0 Å². The fraction of sp³-hybridized carbons (Fsp3) is 0.333. The first-order chi connectivity index (χ1) is 16.6. The van der Waals surface area contributed by atoms with Gasteiger partial charge < -0.3 is 15.6 Å². The second-order valence-corrected chi connectivity index (χ2v) is 10.0. The highest BCUT2D eigenvalue weighted by Gasteiger charge is 2.36. The van der Waals surface area contributed by atoms with Crippen molar-refractivity contribution in [2.45, 2.75) is 24.6 Å². The van der Waals surface area contributed by atoms with Crippen LogP contribution in [0.3, 0.4) is 0 Å². The summed E-state index contributed by atoms with van der Waals surface area (Å²) in [6.07, 6.45) is 4.22. The number of nitrogens with zero attached hydrogens (tertiary/aromatic N) is 4. The Morgan fingerprint density at radius 1 is 1.24 bits per heavy atom. The predicted octanol–water partition coefficient (Wildman–Crippen LogP) is 4.05. The Labute approximate surface area is 207 Å². The van der Waals surface area contributed by atoms with Crippen LogP contribution in [-0.2, 0) is 4.79 Å². The summed E-state index contributed by atoms with van der Waals surface area (Å²) in [5.74, 6) is 1.22. The summed E-state index contributed by atoms with van der Waals surface area (Å²) in [6.45, 7) is 5.31. The van der Waals surface area contributed by atoms with Crippen molar-refractivity contribution >= 4 is 40.0 Å². The van der Waals surface area contributed by atoms with Gasteiger partial charge in [0.1, 0.15) is 12.1 Å². The summed E-state index contributed by atoms with van der Waals surface area (Å²) in [7, 11) is 0. The van der Waals surface area contributed by atoms with Crippen molar-refractivity contribution in [2.75, 3.05) is 31.5 Å². The van der Waals surface area contributed by atoms with Crippen molar-refractivity contribution in [1.29, 1.82) is 0 Å². The van der Waals surface area contributed by atoms with Crippen LogP contribution in [0.1, 0.15) is 41.6 Å². The minimum absolute atomic E-state index is 0.105. The van der Waals surface area contributed by atoms with Crippen LogP contribution in [0, 0.1) is 0 Å². The molecule has 4 heterocycles. The number of hydrogen-bond donors (Lipinski definition) is 3. The molecule has 2 aliphatic heterocycles. The third-order valence-electron chi connectivity index (χ3n) is 6.08. The third-order valence-corrected chi connectivity index (χ3v) is 7.75. The summed E-state index contributed by atoms with van der Waals surface area (Å²) in [5, 5.41) is 15.6. The van der Waals surface area contributed by atoms with E-state index in [1.165, 1.54) is 18.1 Å². The maximum Gasteiger partial charge on any atom is 0.222 e. The van der Waals surface area contributed by atoms with E-state index < -0.39 is 0 Å². The molecule has 0 saturated carbocycles. The molecule has 0 aliphatic carbocycles. The molecule has 2 unspecified atom stereocenters. The van der Waals surface area contributed by atoms with Crippen LogP contribution in [0.2, 0.25) is 5.02 Å². The van der Waals surface area contributed by atoms with Gasteiger partial charge in [-0.05, 0) is 47.4 Å². The number of piperazine rings is 1. The highest BCUT2D eigenvalue weighted by atomic mass is 35.5. The summed E-state index contributed by atoms with van der Waals surface area (Å²) in [6, 6.07) is 12.3. The third kappa shape index (κ3) is 5.02. The van der Waals surface area contributed by atoms with E-state index >= 15 is 0 Å². The van der Waals surface area contributed by atoms with E-state index in [2.05, 4.69) is 47.8 Å². The lowest BCUT2D eigenvalue weighted by molar-refractivity contribution is -0.114. The van der Waals surface area contributed by atoms with Crippen molar-refractivity contribution in [3.05, 3.63) is 76.5 Å². The number of aromatic amines is 1. The predicted molar refractivity (Wildman–Crippen MR) is 135 cm³/mol. The zero-order chi connectivity index (χ0) is 23.5. The smallest absolute Gasteiger partial charge is 0.222 e. The number of carbonyl (C=O) groups excluding carboxylic acids is 1. The zero-order valence-electron chi connectivity index (χ0n) is 18.8. The molecule has 1 amide bonds. The minimum Gasteiger partial charge on any atom is -0.327 e. The molecule has 0 bridgehead atoms. The van der Waals surface area contributed by atoms with Crippen molar-refractivity contribution in [1.82, 2.24) is 30.4 Å². The molecule has 1 aromatic carbocycles. The number of pyridine rings is 1. The van der Waals surface area contributed by atoms with E-state index in [1.807, 2.05) is 24.3 Å². The molecule has 10 heteroatoms. The van der Waals surface area contributed by atoms with E-state index in [0.717, 1.165) is 53.9 Å². The average molecular weight is 496 g/mol. The molecule has 0 spiro atoms. The molecule has 3 N–H and O–H groups in total. The molecule has 8 nitrogen and oxygen atoms in total. The number of anilines is 1. The van der Waals surface area contributed by atoms with Gasteiger partial charge in [-0.25, -0.2) is 4.98 Å². The van der Waals surface area contributed by atoms with E-state index in [4.69, 9.17) is 11.6 Å². The van der Waals surface area contributed by atoms with Crippen molar-refractivity contribution in [3.63, 3.8) is 0 Å². The molecule has 5 rings (SSSR count). The number of nitrogens with one attached hydrogen (secondary N) is 3. The molecule has 2 atom stereocenters. The van der Waals surface area contributed by atoms with Gasteiger partial charge in [0.25, 0.3) is 0 Å². The van der Waals surface area contributed by atoms with Gasteiger partial charge in [0, 0.05) is 49.6 Å². The molecule has 1 saturated heterocycles. The molecular weight excluding hydrogens is 470 g/mol. The second kappa shape index (κ2) is 10.3. The first-order valence-electron chi connectivity index (χ1n) is 11.3. The van der Waals surface area contributed by atoms with Crippen molar-refractivity contribution in [3.8, 4) is 0 Å². The number of aromatic nitrogens is 4. The molecule has 2 aliphatic rings. The molecule has 1 fully saturated rings. The Morgan fingerprint density at radius 3 is 2.74 bits per heavy atom. The second-order valence-electron chi connectivity index (χ2n) is 8.40. The van der Waals surface area contributed by atoms with E-state index in [9.17, 15) is 4.79 Å². The van der Waals surface area contributed by atoms with Gasteiger partial charge in [-0.1, -0.05) is 23.7 Å². The number of H-pyrrole nitrogens is 1. The lowest BCUT2D eigenvalue weighted by Crippen LogP contribution is -2.45. The standard InChI is InChI=1S/C24H26ClN7OS/c1-15(33)30-21-12-17(6-7-27-21)20-13-19(23(34-20)24-28-14-29-31-24)22(32-10-8-26-9-11-32)16-2-4-18(25)5-3-16/h2-7,12,14,20,22,26H,8-11,13H2,1H3,(H,27,30,33)(H,28,29,31). The molecular formula is C24H26ClN7OS. The topological polar surface area (TPSA) is 98.8 Å². The van der Waals surface area contributed by atoms with E-state index in [1.54, 1.807) is 24.3 Å².